The second kappa shape index (κ2) is 5.98. The minimum Gasteiger partial charge on any atom is -0.364 e. The molecule has 1 aromatic carbocycles. The number of alkyl halides is 3. The third-order valence-corrected chi connectivity index (χ3v) is 4.04. The van der Waals surface area contributed by atoms with Gasteiger partial charge < -0.3 is 5.32 Å². The number of hydrogen-bond acceptors (Lipinski definition) is 4. The molecule has 0 aliphatic heterocycles. The molecular weight excluding hydrogens is 338 g/mol. The highest BCUT2D eigenvalue weighted by molar-refractivity contribution is 5.58. The van der Waals surface area contributed by atoms with Crippen LogP contribution in [-0.2, 0) is 12.7 Å². The van der Waals surface area contributed by atoms with Crippen molar-refractivity contribution in [2.75, 3.05) is 5.32 Å². The molecule has 0 fully saturated rings. The second-order valence-electron chi connectivity index (χ2n) is 5.79. The van der Waals surface area contributed by atoms with Gasteiger partial charge in [0, 0.05) is 12.1 Å². The lowest BCUT2D eigenvalue weighted by Gasteiger charge is -2.13. The van der Waals surface area contributed by atoms with E-state index < -0.39 is 12.0 Å². The minimum absolute atomic E-state index is 0.0526. The average molecular weight is 353 g/mol. The minimum atomic E-state index is -4.66. The maximum Gasteiger partial charge on any atom is 0.453 e. The normalized spacial score (nSPS) is 12.0. The summed E-state index contributed by atoms with van der Waals surface area (Å²) in [4.78, 5) is 0. The first-order valence-electron chi connectivity index (χ1n) is 7.47. The van der Waals surface area contributed by atoms with Crippen LogP contribution in [0.1, 0.15) is 28.1 Å². The number of nitrogens with zero attached hydrogens (tertiary/aromatic N) is 4. The van der Waals surface area contributed by atoms with Crippen LogP contribution in [0.2, 0.25) is 0 Å². The fourth-order valence-electron chi connectivity index (χ4n) is 2.41. The molecule has 0 bridgehead atoms. The topological polar surface area (TPSA) is 55.1 Å². The Morgan fingerprint density at radius 1 is 1.08 bits per heavy atom. The molecule has 3 rings (SSSR count). The number of fused-ring (bicyclic) bond motifs is 1. The molecule has 0 saturated heterocycles. The Hall–Kier alpha value is -2.71. The first-order valence-corrected chi connectivity index (χ1v) is 7.47. The van der Waals surface area contributed by atoms with E-state index in [1.807, 2.05) is 0 Å². The fourth-order valence-corrected chi connectivity index (χ4v) is 2.41. The highest BCUT2D eigenvalue weighted by Gasteiger charge is 2.38. The van der Waals surface area contributed by atoms with Crippen LogP contribution in [0, 0.1) is 26.6 Å². The molecule has 0 radical (unpaired) electrons. The van der Waals surface area contributed by atoms with E-state index in [1.165, 1.54) is 6.07 Å². The Balaban J connectivity index is 1.98. The Kier molecular flexibility index (Phi) is 4.09. The summed E-state index contributed by atoms with van der Waals surface area (Å²) in [6.07, 6.45) is -4.66. The van der Waals surface area contributed by atoms with Crippen molar-refractivity contribution in [2.45, 2.75) is 33.5 Å². The lowest BCUT2D eigenvalue weighted by Crippen LogP contribution is -2.15. The zero-order chi connectivity index (χ0) is 18.4. The van der Waals surface area contributed by atoms with Gasteiger partial charge in [-0.1, -0.05) is 12.1 Å². The lowest BCUT2D eigenvalue weighted by molar-refractivity contribution is -0.146. The number of aryl methyl sites for hydroxylation is 2. The first-order chi connectivity index (χ1) is 11.7. The fraction of sp³-hybridized carbons (Fsp3) is 0.312. The van der Waals surface area contributed by atoms with Crippen molar-refractivity contribution in [2.24, 2.45) is 0 Å². The number of aromatic nitrogens is 4. The number of benzene rings is 1. The van der Waals surface area contributed by atoms with E-state index in [0.717, 1.165) is 0 Å². The Morgan fingerprint density at radius 3 is 2.44 bits per heavy atom. The average Bonchev–Trinajstić information content (AvgIpc) is 2.97. The molecule has 0 unspecified atom stereocenters. The van der Waals surface area contributed by atoms with Crippen molar-refractivity contribution in [3.05, 3.63) is 52.1 Å². The Bertz CT molecular complexity index is 946. The van der Waals surface area contributed by atoms with E-state index in [-0.39, 0.29) is 23.8 Å². The van der Waals surface area contributed by atoms with E-state index >= 15 is 0 Å². The molecule has 25 heavy (non-hydrogen) atoms. The molecule has 0 atom stereocenters. The van der Waals surface area contributed by atoms with Gasteiger partial charge in [0.25, 0.3) is 5.82 Å². The molecule has 1 N–H and O–H groups in total. The Labute approximate surface area is 140 Å². The monoisotopic (exact) mass is 353 g/mol. The van der Waals surface area contributed by atoms with Crippen LogP contribution in [0.4, 0.5) is 23.4 Å². The summed E-state index contributed by atoms with van der Waals surface area (Å²) in [6.45, 7) is 5.25. The van der Waals surface area contributed by atoms with Crippen molar-refractivity contribution < 1.29 is 17.6 Å². The standard InChI is InChI=1S/C16H15F4N5/c1-8-4-5-11(6-12(8)17)7-21-13-9(2)10(3)14-22-23-15(16(18,19)20)25(14)24-13/h4-6H,7H2,1-3H3,(H,21,24). The third-order valence-electron chi connectivity index (χ3n) is 4.04. The molecule has 0 aliphatic rings. The van der Waals surface area contributed by atoms with Crippen LogP contribution in [0.25, 0.3) is 5.65 Å². The zero-order valence-corrected chi connectivity index (χ0v) is 13.7. The zero-order valence-electron chi connectivity index (χ0n) is 13.7. The molecule has 132 valence electrons. The number of rotatable bonds is 3. The van der Waals surface area contributed by atoms with Crippen LogP contribution in [0.3, 0.4) is 0 Å². The number of hydrogen-bond donors (Lipinski definition) is 1. The summed E-state index contributed by atoms with van der Waals surface area (Å²) < 4.78 is 53.4. The third kappa shape index (κ3) is 3.13. The summed E-state index contributed by atoms with van der Waals surface area (Å²) in [5.41, 5.74) is 2.42. The van der Waals surface area contributed by atoms with Crippen LogP contribution in [0.15, 0.2) is 18.2 Å². The maximum atomic E-state index is 13.6. The van der Waals surface area contributed by atoms with E-state index in [0.29, 0.717) is 26.8 Å². The van der Waals surface area contributed by atoms with E-state index in [1.54, 1.807) is 32.9 Å². The SMILES string of the molecule is Cc1ccc(CNc2nn3c(C(F)(F)F)nnc3c(C)c2C)cc1F. The number of anilines is 1. The molecule has 0 amide bonds. The first kappa shape index (κ1) is 17.1. The van der Waals surface area contributed by atoms with Gasteiger partial charge in [-0.2, -0.15) is 17.7 Å². The molecular formula is C16H15F4N5. The molecule has 9 heteroatoms. The molecule has 5 nitrogen and oxygen atoms in total. The van der Waals surface area contributed by atoms with Gasteiger partial charge in [0.05, 0.1) is 0 Å². The van der Waals surface area contributed by atoms with Crippen LogP contribution < -0.4 is 5.32 Å². The van der Waals surface area contributed by atoms with Crippen LogP contribution in [-0.4, -0.2) is 19.8 Å². The largest absolute Gasteiger partial charge is 0.453 e. The van der Waals surface area contributed by atoms with Gasteiger partial charge in [-0.15, -0.1) is 15.3 Å². The van der Waals surface area contributed by atoms with Gasteiger partial charge >= 0.3 is 6.18 Å². The van der Waals surface area contributed by atoms with E-state index in [2.05, 4.69) is 20.6 Å². The maximum absolute atomic E-state index is 13.6. The van der Waals surface area contributed by atoms with E-state index in [4.69, 9.17) is 0 Å². The lowest BCUT2D eigenvalue weighted by atomic mass is 10.1. The van der Waals surface area contributed by atoms with E-state index in [9.17, 15) is 17.6 Å². The van der Waals surface area contributed by atoms with Crippen molar-refractivity contribution >= 4 is 11.5 Å². The molecule has 0 spiro atoms. The number of halogens is 4. The quantitative estimate of drug-likeness (QED) is 0.728. The molecule has 3 aromatic rings. The molecule has 2 heterocycles. The molecule has 0 aliphatic carbocycles. The second-order valence-corrected chi connectivity index (χ2v) is 5.79. The van der Waals surface area contributed by atoms with Gasteiger partial charge in [0.1, 0.15) is 5.82 Å². The van der Waals surface area contributed by atoms with Gasteiger partial charge in [0.2, 0.25) is 0 Å². The predicted molar refractivity (Wildman–Crippen MR) is 83.7 cm³/mol. The molecule has 2 aromatic heterocycles. The summed E-state index contributed by atoms with van der Waals surface area (Å²) >= 11 is 0. The molecule has 0 saturated carbocycles. The van der Waals surface area contributed by atoms with Crippen molar-refractivity contribution in [3.63, 3.8) is 0 Å². The van der Waals surface area contributed by atoms with Gasteiger partial charge in [-0.05, 0) is 43.5 Å². The van der Waals surface area contributed by atoms with Crippen molar-refractivity contribution in [3.8, 4) is 0 Å². The summed E-state index contributed by atoms with van der Waals surface area (Å²) in [5.74, 6) is -1.26. The highest BCUT2D eigenvalue weighted by atomic mass is 19.4. The summed E-state index contributed by atoms with van der Waals surface area (Å²) in [5, 5.41) is 13.7. The van der Waals surface area contributed by atoms with Crippen LogP contribution >= 0.6 is 0 Å². The van der Waals surface area contributed by atoms with Gasteiger partial charge in [-0.25, -0.2) is 4.39 Å². The van der Waals surface area contributed by atoms with Gasteiger partial charge in [0.15, 0.2) is 11.5 Å². The number of nitrogens with one attached hydrogen (secondary N) is 1. The van der Waals surface area contributed by atoms with Crippen molar-refractivity contribution in [1.82, 2.24) is 19.8 Å². The summed E-state index contributed by atoms with van der Waals surface area (Å²) in [7, 11) is 0. The predicted octanol–water partition coefficient (Wildman–Crippen LogP) is 3.82. The Morgan fingerprint density at radius 2 is 1.80 bits per heavy atom. The van der Waals surface area contributed by atoms with Gasteiger partial charge in [-0.3, -0.25) is 0 Å². The smallest absolute Gasteiger partial charge is 0.364 e. The highest BCUT2D eigenvalue weighted by Crippen LogP contribution is 2.29. The van der Waals surface area contributed by atoms with Crippen LogP contribution in [0.5, 0.6) is 0 Å². The van der Waals surface area contributed by atoms with Crippen molar-refractivity contribution in [1.29, 1.82) is 0 Å². The summed E-state index contributed by atoms with van der Waals surface area (Å²) in [6, 6.07) is 4.76.